The number of carbonyl (C=O) groups excluding carboxylic acids is 2. The van der Waals surface area contributed by atoms with Crippen LogP contribution < -0.4 is 0 Å². The summed E-state index contributed by atoms with van der Waals surface area (Å²) in [7, 11) is 0. The molecule has 15 heavy (non-hydrogen) atoms. The van der Waals surface area contributed by atoms with Crippen molar-refractivity contribution >= 4 is 49.8 Å². The Morgan fingerprint density at radius 2 is 1.67 bits per heavy atom. The van der Waals surface area contributed by atoms with E-state index in [0.29, 0.717) is 0 Å². The zero-order valence-corrected chi connectivity index (χ0v) is 10.3. The molecule has 0 aromatic rings. The molecule has 0 saturated heterocycles. The Hall–Kier alpha value is -0.530. The summed E-state index contributed by atoms with van der Waals surface area (Å²) in [5, 5.41) is 0. The van der Waals surface area contributed by atoms with Crippen molar-refractivity contribution in [2.45, 2.75) is 9.70 Å². The summed E-state index contributed by atoms with van der Waals surface area (Å²) in [6, 6.07) is 0. The van der Waals surface area contributed by atoms with Gasteiger partial charge < -0.3 is 9.47 Å². The van der Waals surface area contributed by atoms with Gasteiger partial charge in [0.05, 0.1) is 0 Å². The van der Waals surface area contributed by atoms with Crippen molar-refractivity contribution in [3.63, 3.8) is 0 Å². The Kier molecular flexibility index (Phi) is 5.92. The van der Waals surface area contributed by atoms with Gasteiger partial charge in [-0.3, -0.25) is 0 Å². The van der Waals surface area contributed by atoms with Crippen LogP contribution in [0.15, 0.2) is 25.3 Å². The summed E-state index contributed by atoms with van der Waals surface area (Å²) in [6.45, 7) is 6.38. The highest BCUT2D eigenvalue weighted by molar-refractivity contribution is 8.01. The van der Waals surface area contributed by atoms with Crippen LogP contribution in [0.3, 0.4) is 0 Å². The minimum atomic E-state index is -1.65. The van der Waals surface area contributed by atoms with Crippen LogP contribution in [0.5, 0.6) is 0 Å². The lowest BCUT2D eigenvalue weighted by molar-refractivity contribution is -0.151. The van der Waals surface area contributed by atoms with Gasteiger partial charge in [0, 0.05) is 12.2 Å². The molecule has 0 fully saturated rings. The molecule has 0 spiro atoms. The molecule has 1 unspecified atom stereocenters. The highest BCUT2D eigenvalue weighted by Crippen LogP contribution is 2.30. The Morgan fingerprint density at radius 3 is 2.07 bits per heavy atom. The fourth-order valence-corrected chi connectivity index (χ4v) is 0.917. The molecule has 0 rings (SSSR count). The highest BCUT2D eigenvalue weighted by atomic mass is 32.2. The summed E-state index contributed by atoms with van der Waals surface area (Å²) >= 11 is 11.6. The van der Waals surface area contributed by atoms with Crippen LogP contribution in [0, 0.1) is 0 Å². The molecule has 0 saturated carbocycles. The molecule has 84 valence electrons. The molecule has 0 bridgehead atoms. The first kappa shape index (κ1) is 14.5. The van der Waals surface area contributed by atoms with E-state index in [1.807, 2.05) is 0 Å². The van der Waals surface area contributed by atoms with Crippen molar-refractivity contribution in [2.75, 3.05) is 0 Å². The predicted molar refractivity (Wildman–Crippen MR) is 66.1 cm³/mol. The first-order chi connectivity index (χ1) is 6.83. The maximum absolute atomic E-state index is 10.9. The van der Waals surface area contributed by atoms with E-state index in [1.54, 1.807) is 0 Å². The molecule has 0 heterocycles. The number of esters is 2. The minimum absolute atomic E-state index is 0.725. The molecule has 0 N–H and O–H groups in total. The second kappa shape index (κ2) is 6.14. The summed E-state index contributed by atoms with van der Waals surface area (Å²) in [4.78, 5) is 21.7. The summed E-state index contributed by atoms with van der Waals surface area (Å²) in [6.07, 6.45) is 1.87. The fourth-order valence-electron chi connectivity index (χ4n) is 0.475. The number of hydrogen-bond donors (Lipinski definition) is 3. The van der Waals surface area contributed by atoms with E-state index in [-0.39, 0.29) is 0 Å². The molecular weight excluding hydrogens is 256 g/mol. The van der Waals surface area contributed by atoms with E-state index in [9.17, 15) is 9.59 Å². The number of carbonyl (C=O) groups is 2. The third-order valence-electron chi connectivity index (χ3n) is 1.13. The van der Waals surface area contributed by atoms with Crippen molar-refractivity contribution in [3.05, 3.63) is 25.3 Å². The summed E-state index contributed by atoms with van der Waals surface area (Å²) < 4.78 is 7.68. The lowest BCUT2D eigenvalue weighted by atomic mass is 10.6. The SMILES string of the molecule is C=CC(=O)OC(S)C(S)(S)OC(=O)C=C. The van der Waals surface area contributed by atoms with Gasteiger partial charge in [0.15, 0.2) is 0 Å². The fraction of sp³-hybridized carbons (Fsp3) is 0.250. The van der Waals surface area contributed by atoms with Gasteiger partial charge in [-0.2, -0.15) is 0 Å². The van der Waals surface area contributed by atoms with Gasteiger partial charge in [-0.05, 0) is 0 Å². The van der Waals surface area contributed by atoms with Crippen LogP contribution in [0.2, 0.25) is 0 Å². The zero-order valence-electron chi connectivity index (χ0n) is 7.62. The maximum Gasteiger partial charge on any atom is 0.332 e. The number of ether oxygens (including phenoxy) is 2. The van der Waals surface area contributed by atoms with Crippen molar-refractivity contribution in [1.82, 2.24) is 0 Å². The lowest BCUT2D eigenvalue weighted by Crippen LogP contribution is -2.35. The molecule has 0 radical (unpaired) electrons. The Bertz CT molecular complexity index is 288. The largest absolute Gasteiger partial charge is 0.442 e. The number of rotatable bonds is 5. The third-order valence-corrected chi connectivity index (χ3v) is 2.66. The van der Waals surface area contributed by atoms with Gasteiger partial charge in [0.1, 0.15) is 0 Å². The molecule has 1 atom stereocenters. The van der Waals surface area contributed by atoms with Crippen LogP contribution in [-0.2, 0) is 19.1 Å². The maximum atomic E-state index is 10.9. The van der Waals surface area contributed by atoms with Gasteiger partial charge in [0.25, 0.3) is 0 Å². The number of thiol groups is 3. The Morgan fingerprint density at radius 1 is 1.20 bits per heavy atom. The van der Waals surface area contributed by atoms with Gasteiger partial charge in [-0.1, -0.05) is 13.2 Å². The van der Waals surface area contributed by atoms with Crippen LogP contribution in [-0.4, -0.2) is 21.6 Å². The lowest BCUT2D eigenvalue weighted by Gasteiger charge is -2.27. The van der Waals surface area contributed by atoms with Crippen molar-refractivity contribution in [1.29, 1.82) is 0 Å². The topological polar surface area (TPSA) is 52.6 Å². The van der Waals surface area contributed by atoms with Crippen LogP contribution >= 0.6 is 37.9 Å². The minimum Gasteiger partial charge on any atom is -0.442 e. The Labute approximate surface area is 104 Å². The second-order valence-corrected chi connectivity index (χ2v) is 4.43. The van der Waals surface area contributed by atoms with Gasteiger partial charge in [-0.15, -0.1) is 37.9 Å². The molecule has 7 heteroatoms. The summed E-state index contributed by atoms with van der Waals surface area (Å²) in [5.41, 5.74) is -1.14. The highest BCUT2D eigenvalue weighted by Gasteiger charge is 2.35. The van der Waals surface area contributed by atoms with Gasteiger partial charge in [0.2, 0.25) is 9.70 Å². The molecule has 0 amide bonds. The van der Waals surface area contributed by atoms with Crippen molar-refractivity contribution < 1.29 is 19.1 Å². The molecule has 0 aliphatic rings. The van der Waals surface area contributed by atoms with Gasteiger partial charge >= 0.3 is 11.9 Å². The summed E-state index contributed by atoms with van der Waals surface area (Å²) in [5.74, 6) is -1.48. The smallest absolute Gasteiger partial charge is 0.332 e. The Balaban J connectivity index is 4.43. The van der Waals surface area contributed by atoms with E-state index in [0.717, 1.165) is 12.2 Å². The van der Waals surface area contributed by atoms with E-state index in [2.05, 4.69) is 60.5 Å². The van der Waals surface area contributed by atoms with Crippen molar-refractivity contribution in [2.24, 2.45) is 0 Å². The molecule has 0 aromatic carbocycles. The third kappa shape index (κ3) is 5.19. The van der Waals surface area contributed by atoms with E-state index in [4.69, 9.17) is 0 Å². The van der Waals surface area contributed by atoms with E-state index < -0.39 is 21.6 Å². The molecular formula is C8H10O4S3. The predicted octanol–water partition coefficient (Wildman–Crippen LogP) is 1.21. The first-order valence-electron chi connectivity index (χ1n) is 3.64. The average Bonchev–Trinajstić information content (AvgIpc) is 2.16. The first-order valence-corrected chi connectivity index (χ1v) is 5.06. The normalized spacial score (nSPS) is 12.5. The van der Waals surface area contributed by atoms with E-state index >= 15 is 0 Å². The van der Waals surface area contributed by atoms with Crippen LogP contribution in [0.4, 0.5) is 0 Å². The van der Waals surface area contributed by atoms with Crippen LogP contribution in [0.25, 0.3) is 0 Å². The molecule has 4 nitrogen and oxygen atoms in total. The van der Waals surface area contributed by atoms with E-state index in [1.165, 1.54) is 0 Å². The second-order valence-electron chi connectivity index (χ2n) is 2.28. The molecule has 0 aliphatic heterocycles. The molecule has 0 aliphatic carbocycles. The molecule has 0 aromatic heterocycles. The van der Waals surface area contributed by atoms with Gasteiger partial charge in [-0.25, -0.2) is 9.59 Å². The average molecular weight is 266 g/mol. The zero-order chi connectivity index (χ0) is 12.1. The van der Waals surface area contributed by atoms with Crippen LogP contribution in [0.1, 0.15) is 0 Å². The quantitative estimate of drug-likeness (QED) is 0.303. The monoisotopic (exact) mass is 266 g/mol. The van der Waals surface area contributed by atoms with Crippen molar-refractivity contribution in [3.8, 4) is 0 Å². The standard InChI is InChI=1S/C8H10O4S3/c1-3-5(9)11-7(13)8(14,15)12-6(10)4-2/h3-4,7,13-15H,1-2H2. The number of hydrogen-bond acceptors (Lipinski definition) is 7.